The van der Waals surface area contributed by atoms with Gasteiger partial charge in [0.05, 0.1) is 6.10 Å². The van der Waals surface area contributed by atoms with Crippen LogP contribution in [0.25, 0.3) is 0 Å². The van der Waals surface area contributed by atoms with Gasteiger partial charge in [0.1, 0.15) is 6.10 Å². The molecule has 4 nitrogen and oxygen atoms in total. The van der Waals surface area contributed by atoms with Gasteiger partial charge < -0.3 is 15.4 Å². The van der Waals surface area contributed by atoms with Crippen LogP contribution < -0.4 is 5.73 Å². The highest BCUT2D eigenvalue weighted by Gasteiger charge is 2.35. The van der Waals surface area contributed by atoms with Gasteiger partial charge in [0.15, 0.2) is 0 Å². The molecule has 2 N–H and O–H groups in total. The third-order valence-corrected chi connectivity index (χ3v) is 3.62. The van der Waals surface area contributed by atoms with Crippen LogP contribution in [0.3, 0.4) is 0 Å². The normalized spacial score (nSPS) is 31.3. The quantitative estimate of drug-likeness (QED) is 0.741. The van der Waals surface area contributed by atoms with E-state index >= 15 is 0 Å². The molecule has 0 bridgehead atoms. The van der Waals surface area contributed by atoms with Crippen molar-refractivity contribution in [1.82, 2.24) is 4.90 Å². The second-order valence-corrected chi connectivity index (χ2v) is 4.59. The zero-order chi connectivity index (χ0) is 10.8. The summed E-state index contributed by atoms with van der Waals surface area (Å²) in [6.07, 6.45) is 5.16. The Bertz CT molecular complexity index is 241. The molecule has 2 fully saturated rings. The molecular formula is C11H20N2O2. The molecule has 86 valence electrons. The number of rotatable bonds is 3. The fourth-order valence-electron chi connectivity index (χ4n) is 2.24. The highest BCUT2D eigenvalue weighted by molar-refractivity contribution is 5.81. The summed E-state index contributed by atoms with van der Waals surface area (Å²) in [4.78, 5) is 13.9. The third-order valence-electron chi connectivity index (χ3n) is 3.62. The zero-order valence-electron chi connectivity index (χ0n) is 9.32. The van der Waals surface area contributed by atoms with E-state index in [0.29, 0.717) is 12.6 Å². The van der Waals surface area contributed by atoms with Crippen LogP contribution in [0.15, 0.2) is 0 Å². The van der Waals surface area contributed by atoms with Crippen LogP contribution in [0.2, 0.25) is 0 Å². The lowest BCUT2D eigenvalue weighted by Crippen LogP contribution is -2.46. The van der Waals surface area contributed by atoms with Gasteiger partial charge in [0, 0.05) is 19.6 Å². The molecule has 1 aliphatic carbocycles. The second-order valence-electron chi connectivity index (χ2n) is 4.59. The van der Waals surface area contributed by atoms with Crippen molar-refractivity contribution in [2.24, 2.45) is 5.73 Å². The number of carbonyl (C=O) groups excluding carboxylic acids is 1. The molecule has 1 heterocycles. The van der Waals surface area contributed by atoms with Gasteiger partial charge in [-0.1, -0.05) is 0 Å². The van der Waals surface area contributed by atoms with Crippen LogP contribution in [0, 0.1) is 0 Å². The minimum Gasteiger partial charge on any atom is -0.364 e. The van der Waals surface area contributed by atoms with Crippen molar-refractivity contribution in [3.8, 4) is 0 Å². The molecule has 0 unspecified atom stereocenters. The van der Waals surface area contributed by atoms with Gasteiger partial charge in [-0.05, 0) is 32.1 Å². The van der Waals surface area contributed by atoms with E-state index in [2.05, 4.69) is 0 Å². The maximum absolute atomic E-state index is 12.0. The third kappa shape index (κ3) is 2.16. The largest absolute Gasteiger partial charge is 0.364 e. The highest BCUT2D eigenvalue weighted by atomic mass is 16.5. The number of amides is 1. The summed E-state index contributed by atoms with van der Waals surface area (Å²) in [5.41, 5.74) is 5.52. The van der Waals surface area contributed by atoms with Crippen molar-refractivity contribution in [3.63, 3.8) is 0 Å². The Morgan fingerprint density at radius 1 is 1.40 bits per heavy atom. The van der Waals surface area contributed by atoms with Crippen LogP contribution in [0.4, 0.5) is 0 Å². The number of nitrogens with zero attached hydrogens (tertiary/aromatic N) is 1. The summed E-state index contributed by atoms with van der Waals surface area (Å²) >= 11 is 0. The number of likely N-dealkylation sites (N-methyl/N-ethyl adjacent to an activating group) is 1. The maximum atomic E-state index is 12.0. The molecule has 0 aromatic heterocycles. The Morgan fingerprint density at radius 3 is 2.60 bits per heavy atom. The van der Waals surface area contributed by atoms with Crippen LogP contribution >= 0.6 is 0 Å². The van der Waals surface area contributed by atoms with E-state index in [1.54, 1.807) is 0 Å². The molecule has 2 rings (SSSR count). The predicted molar refractivity (Wildman–Crippen MR) is 57.4 cm³/mol. The number of hydrogen-bond donors (Lipinski definition) is 1. The van der Waals surface area contributed by atoms with E-state index in [-0.39, 0.29) is 18.1 Å². The smallest absolute Gasteiger partial charge is 0.251 e. The van der Waals surface area contributed by atoms with E-state index < -0.39 is 0 Å². The molecule has 0 radical (unpaired) electrons. The van der Waals surface area contributed by atoms with Crippen molar-refractivity contribution in [2.75, 3.05) is 13.6 Å². The zero-order valence-corrected chi connectivity index (χ0v) is 9.32. The number of hydrogen-bond acceptors (Lipinski definition) is 3. The summed E-state index contributed by atoms with van der Waals surface area (Å²) in [6.45, 7) is 0.525. The Hall–Kier alpha value is -0.610. The topological polar surface area (TPSA) is 55.6 Å². The first kappa shape index (κ1) is 10.9. The standard InChI is InChI=1S/C11H20N2O2/c1-13(8-3-2-4-8)11(14)10-6-5-9(7-12)15-10/h8-10H,2-7,12H2,1H3/t9-,10+/m1/s1. The van der Waals surface area contributed by atoms with Crippen molar-refractivity contribution in [1.29, 1.82) is 0 Å². The maximum Gasteiger partial charge on any atom is 0.251 e. The van der Waals surface area contributed by atoms with E-state index in [0.717, 1.165) is 25.7 Å². The average Bonchev–Trinajstić information content (AvgIpc) is 2.61. The number of ether oxygens (including phenoxy) is 1. The summed E-state index contributed by atoms with van der Waals surface area (Å²) in [7, 11) is 1.89. The molecule has 4 heteroatoms. The average molecular weight is 212 g/mol. The molecule has 1 aliphatic heterocycles. The van der Waals surface area contributed by atoms with Gasteiger partial charge in [-0.3, -0.25) is 4.79 Å². The molecule has 0 aromatic rings. The second kappa shape index (κ2) is 4.49. The van der Waals surface area contributed by atoms with Gasteiger partial charge in [-0.2, -0.15) is 0 Å². The lowest BCUT2D eigenvalue weighted by molar-refractivity contribution is -0.145. The molecule has 1 saturated heterocycles. The first-order valence-electron chi connectivity index (χ1n) is 5.84. The molecule has 2 aliphatic rings. The van der Waals surface area contributed by atoms with Gasteiger partial charge in [0.2, 0.25) is 0 Å². The van der Waals surface area contributed by atoms with Crippen molar-refractivity contribution < 1.29 is 9.53 Å². The fraction of sp³-hybridized carbons (Fsp3) is 0.909. The lowest BCUT2D eigenvalue weighted by Gasteiger charge is -2.36. The Balaban J connectivity index is 1.85. The minimum absolute atomic E-state index is 0.0914. The van der Waals surface area contributed by atoms with E-state index in [1.165, 1.54) is 6.42 Å². The highest BCUT2D eigenvalue weighted by Crippen LogP contribution is 2.27. The van der Waals surface area contributed by atoms with Crippen molar-refractivity contribution >= 4 is 5.91 Å². The van der Waals surface area contributed by atoms with E-state index in [1.807, 2.05) is 11.9 Å². The summed E-state index contributed by atoms with van der Waals surface area (Å²) < 4.78 is 5.60. The Labute approximate surface area is 90.8 Å². The minimum atomic E-state index is -0.232. The molecule has 15 heavy (non-hydrogen) atoms. The number of carbonyl (C=O) groups is 1. The van der Waals surface area contributed by atoms with Gasteiger partial charge in [0.25, 0.3) is 5.91 Å². The van der Waals surface area contributed by atoms with Gasteiger partial charge in [-0.15, -0.1) is 0 Å². The fourth-order valence-corrected chi connectivity index (χ4v) is 2.24. The SMILES string of the molecule is CN(C(=O)[C@@H]1CC[C@H](CN)O1)C1CCC1. The van der Waals surface area contributed by atoms with E-state index in [9.17, 15) is 4.79 Å². The lowest BCUT2D eigenvalue weighted by atomic mass is 9.91. The van der Waals surface area contributed by atoms with Crippen LogP contribution in [0.5, 0.6) is 0 Å². The van der Waals surface area contributed by atoms with Crippen LogP contribution in [0.1, 0.15) is 32.1 Å². The van der Waals surface area contributed by atoms with Gasteiger partial charge in [-0.25, -0.2) is 0 Å². The predicted octanol–water partition coefficient (Wildman–Crippen LogP) is 0.504. The number of nitrogens with two attached hydrogens (primary N) is 1. The molecule has 1 saturated carbocycles. The van der Waals surface area contributed by atoms with Gasteiger partial charge >= 0.3 is 0 Å². The molecule has 0 aromatic carbocycles. The van der Waals surface area contributed by atoms with Crippen molar-refractivity contribution in [2.45, 2.75) is 50.4 Å². The van der Waals surface area contributed by atoms with Crippen LogP contribution in [-0.4, -0.2) is 42.6 Å². The summed E-state index contributed by atoms with van der Waals surface area (Å²) in [5.74, 6) is 0.149. The first-order valence-corrected chi connectivity index (χ1v) is 5.84. The van der Waals surface area contributed by atoms with Crippen molar-refractivity contribution in [3.05, 3.63) is 0 Å². The molecular weight excluding hydrogens is 192 g/mol. The molecule has 2 atom stereocenters. The van der Waals surface area contributed by atoms with Crippen LogP contribution in [-0.2, 0) is 9.53 Å². The monoisotopic (exact) mass is 212 g/mol. The summed E-state index contributed by atoms with van der Waals surface area (Å²) in [5, 5.41) is 0. The summed E-state index contributed by atoms with van der Waals surface area (Å²) in [6, 6.07) is 0.457. The molecule has 0 spiro atoms. The Kier molecular flexibility index (Phi) is 3.26. The first-order chi connectivity index (χ1) is 7.22. The van der Waals surface area contributed by atoms with E-state index in [4.69, 9.17) is 10.5 Å². The Morgan fingerprint density at radius 2 is 2.13 bits per heavy atom. The molecule has 1 amide bonds.